The van der Waals surface area contributed by atoms with Crippen LogP contribution in [0.15, 0.2) is 24.3 Å². The molecular formula is C20H30N4O2. The quantitative estimate of drug-likeness (QED) is 0.860. The van der Waals surface area contributed by atoms with Gasteiger partial charge in [-0.1, -0.05) is 26.0 Å². The van der Waals surface area contributed by atoms with Gasteiger partial charge in [-0.3, -0.25) is 4.90 Å². The third kappa shape index (κ3) is 3.48. The second kappa shape index (κ2) is 7.37. The molecule has 2 atom stereocenters. The molecular weight excluding hydrogens is 328 g/mol. The fourth-order valence-electron chi connectivity index (χ4n) is 3.97. The lowest BCUT2D eigenvalue weighted by molar-refractivity contribution is -0.0263. The highest BCUT2D eigenvalue weighted by molar-refractivity contribution is 5.31. The van der Waals surface area contributed by atoms with E-state index in [-0.39, 0.29) is 6.04 Å². The number of benzene rings is 1. The molecule has 1 fully saturated rings. The molecule has 1 aromatic heterocycles. The number of ether oxygens (including phenoxy) is 1. The van der Waals surface area contributed by atoms with E-state index in [0.29, 0.717) is 12.5 Å². The van der Waals surface area contributed by atoms with Gasteiger partial charge in [0.05, 0.1) is 13.7 Å². The van der Waals surface area contributed by atoms with Crippen molar-refractivity contribution in [2.24, 2.45) is 7.05 Å². The molecule has 6 heteroatoms. The minimum atomic E-state index is -0.928. The first-order valence-electron chi connectivity index (χ1n) is 9.33. The van der Waals surface area contributed by atoms with Gasteiger partial charge >= 0.3 is 0 Å². The van der Waals surface area contributed by atoms with Crippen LogP contribution in [0.25, 0.3) is 0 Å². The van der Waals surface area contributed by atoms with Crippen molar-refractivity contribution in [1.82, 2.24) is 19.7 Å². The van der Waals surface area contributed by atoms with Gasteiger partial charge in [-0.15, -0.1) is 10.2 Å². The third-order valence-electron chi connectivity index (χ3n) is 5.55. The predicted octanol–water partition coefficient (Wildman–Crippen LogP) is 2.82. The minimum absolute atomic E-state index is 0.0510. The summed E-state index contributed by atoms with van der Waals surface area (Å²) in [4.78, 5) is 2.33. The highest BCUT2D eigenvalue weighted by atomic mass is 16.5. The Kier molecular flexibility index (Phi) is 5.34. The first-order chi connectivity index (χ1) is 12.3. The Hall–Kier alpha value is -1.92. The molecule has 0 spiro atoms. The second-order valence-electron chi connectivity index (χ2n) is 7.69. The Balaban J connectivity index is 1.80. The summed E-state index contributed by atoms with van der Waals surface area (Å²) in [6.07, 6.45) is 2.04. The zero-order chi connectivity index (χ0) is 18.9. The number of likely N-dealkylation sites (tertiary alicyclic amines) is 1. The Morgan fingerprint density at radius 1 is 1.27 bits per heavy atom. The monoisotopic (exact) mass is 358 g/mol. The van der Waals surface area contributed by atoms with E-state index in [0.717, 1.165) is 42.3 Å². The van der Waals surface area contributed by atoms with Crippen molar-refractivity contribution in [2.75, 3.05) is 13.7 Å². The van der Waals surface area contributed by atoms with Crippen LogP contribution in [0.2, 0.25) is 0 Å². The van der Waals surface area contributed by atoms with Crippen molar-refractivity contribution in [3.05, 3.63) is 41.5 Å². The van der Waals surface area contributed by atoms with Gasteiger partial charge in [0.1, 0.15) is 23.0 Å². The van der Waals surface area contributed by atoms with E-state index in [1.807, 2.05) is 38.2 Å². The van der Waals surface area contributed by atoms with Crippen LogP contribution < -0.4 is 4.74 Å². The van der Waals surface area contributed by atoms with Gasteiger partial charge < -0.3 is 14.4 Å². The first kappa shape index (κ1) is 18.9. The maximum atomic E-state index is 11.3. The number of hydrogen-bond donors (Lipinski definition) is 1. The number of methoxy groups -OCH3 is 1. The molecule has 0 saturated carbocycles. The first-order valence-corrected chi connectivity index (χ1v) is 9.33. The summed E-state index contributed by atoms with van der Waals surface area (Å²) < 4.78 is 7.32. The fraction of sp³-hybridized carbons (Fsp3) is 0.600. The van der Waals surface area contributed by atoms with E-state index in [1.165, 1.54) is 0 Å². The van der Waals surface area contributed by atoms with Crippen LogP contribution in [0.5, 0.6) is 5.75 Å². The third-order valence-corrected chi connectivity index (χ3v) is 5.55. The van der Waals surface area contributed by atoms with Crippen LogP contribution in [0.4, 0.5) is 0 Å². The van der Waals surface area contributed by atoms with Crippen molar-refractivity contribution in [1.29, 1.82) is 0 Å². The second-order valence-corrected chi connectivity index (χ2v) is 7.69. The molecule has 3 rings (SSSR count). The molecule has 2 aromatic rings. The number of rotatable bonds is 6. The largest absolute Gasteiger partial charge is 0.497 e. The molecule has 26 heavy (non-hydrogen) atoms. The lowest BCUT2D eigenvalue weighted by atomic mass is 9.86. The average Bonchev–Trinajstić information content (AvgIpc) is 3.23. The van der Waals surface area contributed by atoms with Crippen LogP contribution in [0, 0.1) is 0 Å². The zero-order valence-corrected chi connectivity index (χ0v) is 16.4. The SMILES string of the molecule is COc1ccc([C@@](C)(O)[C@@H]2CCCN2Cc2nnc(C(C)C)n2C)cc1. The van der Waals surface area contributed by atoms with Crippen LogP contribution in [-0.2, 0) is 19.2 Å². The number of hydrogen-bond acceptors (Lipinski definition) is 5. The number of nitrogens with zero attached hydrogens (tertiary/aromatic N) is 4. The summed E-state index contributed by atoms with van der Waals surface area (Å²) in [5.41, 5.74) is -0.0153. The van der Waals surface area contributed by atoms with Gasteiger partial charge in [0.2, 0.25) is 0 Å². The molecule has 1 aromatic carbocycles. The molecule has 1 aliphatic rings. The van der Waals surface area contributed by atoms with Crippen molar-refractivity contribution in [3.8, 4) is 5.75 Å². The molecule has 1 aliphatic heterocycles. The molecule has 0 radical (unpaired) electrons. The van der Waals surface area contributed by atoms with E-state index in [2.05, 4.69) is 33.5 Å². The molecule has 0 unspecified atom stereocenters. The standard InChI is InChI=1S/C20H30N4O2/c1-14(2)19-22-21-18(23(19)4)13-24-12-6-7-17(24)20(3,25)15-8-10-16(26-5)11-9-15/h8-11,14,17,25H,6-7,12-13H2,1-5H3/t17-,20+/m0/s1. The summed E-state index contributed by atoms with van der Waals surface area (Å²) in [6, 6.07) is 7.76. The van der Waals surface area contributed by atoms with E-state index >= 15 is 0 Å². The lowest BCUT2D eigenvalue weighted by Gasteiger charge is -2.36. The Morgan fingerprint density at radius 2 is 1.96 bits per heavy atom. The lowest BCUT2D eigenvalue weighted by Crippen LogP contribution is -2.45. The number of aliphatic hydroxyl groups is 1. The van der Waals surface area contributed by atoms with Crippen molar-refractivity contribution in [3.63, 3.8) is 0 Å². The maximum absolute atomic E-state index is 11.3. The van der Waals surface area contributed by atoms with Gasteiger partial charge in [-0.2, -0.15) is 0 Å². The molecule has 0 amide bonds. The van der Waals surface area contributed by atoms with Gasteiger partial charge in [0.25, 0.3) is 0 Å². The molecule has 6 nitrogen and oxygen atoms in total. The molecule has 0 aliphatic carbocycles. The van der Waals surface area contributed by atoms with E-state index in [9.17, 15) is 5.11 Å². The van der Waals surface area contributed by atoms with Gasteiger partial charge in [0, 0.05) is 19.0 Å². The normalized spacial score (nSPS) is 20.5. The number of aromatic nitrogens is 3. The molecule has 142 valence electrons. The molecule has 2 heterocycles. The highest BCUT2D eigenvalue weighted by Crippen LogP contribution is 2.36. The van der Waals surface area contributed by atoms with Crippen molar-refractivity contribution >= 4 is 0 Å². The van der Waals surface area contributed by atoms with Gasteiger partial charge in [-0.05, 0) is 44.0 Å². The Morgan fingerprint density at radius 3 is 2.54 bits per heavy atom. The highest BCUT2D eigenvalue weighted by Gasteiger charge is 2.41. The molecule has 1 N–H and O–H groups in total. The van der Waals surface area contributed by atoms with Crippen molar-refractivity contribution < 1.29 is 9.84 Å². The summed E-state index contributed by atoms with van der Waals surface area (Å²) in [7, 11) is 3.68. The smallest absolute Gasteiger partial charge is 0.146 e. The Labute approximate surface area is 155 Å². The van der Waals surface area contributed by atoms with Crippen LogP contribution in [0.1, 0.15) is 56.7 Å². The van der Waals surface area contributed by atoms with E-state index < -0.39 is 5.60 Å². The van der Waals surface area contributed by atoms with E-state index in [4.69, 9.17) is 4.74 Å². The van der Waals surface area contributed by atoms with E-state index in [1.54, 1.807) is 7.11 Å². The van der Waals surface area contributed by atoms with Crippen LogP contribution >= 0.6 is 0 Å². The summed E-state index contributed by atoms with van der Waals surface area (Å²) in [5, 5.41) is 20.1. The molecule has 0 bridgehead atoms. The van der Waals surface area contributed by atoms with Crippen molar-refractivity contribution in [2.45, 2.75) is 57.7 Å². The van der Waals surface area contributed by atoms with Crippen LogP contribution in [-0.4, -0.2) is 44.5 Å². The zero-order valence-electron chi connectivity index (χ0n) is 16.4. The van der Waals surface area contributed by atoms with Gasteiger partial charge in [-0.25, -0.2) is 0 Å². The average molecular weight is 358 g/mol. The maximum Gasteiger partial charge on any atom is 0.146 e. The topological polar surface area (TPSA) is 63.4 Å². The summed E-state index contributed by atoms with van der Waals surface area (Å²) in [5.74, 6) is 3.09. The van der Waals surface area contributed by atoms with Crippen LogP contribution in [0.3, 0.4) is 0 Å². The predicted molar refractivity (Wildman–Crippen MR) is 101 cm³/mol. The van der Waals surface area contributed by atoms with Gasteiger partial charge in [0.15, 0.2) is 0 Å². The molecule has 1 saturated heterocycles. The summed E-state index contributed by atoms with van der Waals surface area (Å²) in [6.45, 7) is 7.82. The summed E-state index contributed by atoms with van der Waals surface area (Å²) >= 11 is 0. The fourth-order valence-corrected chi connectivity index (χ4v) is 3.97. The minimum Gasteiger partial charge on any atom is -0.497 e. The Bertz CT molecular complexity index is 737.